The van der Waals surface area contributed by atoms with E-state index in [9.17, 15) is 14.4 Å². The SMILES string of the molecule is Cc1ccc(N2C(=O)[C@H](CCN3C(=O)c4ccccc4C3=O)[C@H]2c2ccccc2)cc1. The number of imide groups is 1. The summed E-state index contributed by atoms with van der Waals surface area (Å²) < 4.78 is 0. The van der Waals surface area contributed by atoms with Crippen LogP contribution in [0.4, 0.5) is 5.69 Å². The fraction of sp³-hybridized carbons (Fsp3) is 0.192. The number of rotatable bonds is 5. The zero-order chi connectivity index (χ0) is 21.5. The fourth-order valence-electron chi connectivity index (χ4n) is 4.57. The van der Waals surface area contributed by atoms with Crippen molar-refractivity contribution in [2.45, 2.75) is 19.4 Å². The molecule has 5 nitrogen and oxygen atoms in total. The zero-order valence-corrected chi connectivity index (χ0v) is 17.2. The van der Waals surface area contributed by atoms with E-state index in [2.05, 4.69) is 0 Å². The van der Waals surface area contributed by atoms with Crippen LogP contribution in [-0.4, -0.2) is 29.2 Å². The number of hydrogen-bond donors (Lipinski definition) is 0. The van der Waals surface area contributed by atoms with Crippen molar-refractivity contribution in [1.82, 2.24) is 4.90 Å². The van der Waals surface area contributed by atoms with Gasteiger partial charge < -0.3 is 4.90 Å². The van der Waals surface area contributed by atoms with Gasteiger partial charge in [-0.15, -0.1) is 0 Å². The maximum Gasteiger partial charge on any atom is 0.261 e. The minimum atomic E-state index is -0.284. The molecule has 3 aromatic carbocycles. The molecule has 0 bridgehead atoms. The molecule has 5 heteroatoms. The number of nitrogens with zero attached hydrogens (tertiary/aromatic N) is 2. The van der Waals surface area contributed by atoms with E-state index in [1.165, 1.54) is 4.90 Å². The van der Waals surface area contributed by atoms with Gasteiger partial charge in [-0.2, -0.15) is 0 Å². The third-order valence-electron chi connectivity index (χ3n) is 6.21. The molecule has 5 rings (SSSR count). The minimum Gasteiger partial charge on any atom is -0.304 e. The first-order chi connectivity index (χ1) is 15.1. The second kappa shape index (κ2) is 7.51. The summed E-state index contributed by atoms with van der Waals surface area (Å²) in [4.78, 5) is 41.6. The van der Waals surface area contributed by atoms with Gasteiger partial charge in [0.2, 0.25) is 5.91 Å². The van der Waals surface area contributed by atoms with E-state index in [0.717, 1.165) is 16.8 Å². The van der Waals surface area contributed by atoms with Crippen molar-refractivity contribution in [3.05, 3.63) is 101 Å². The van der Waals surface area contributed by atoms with Crippen LogP contribution in [0.15, 0.2) is 78.9 Å². The molecule has 0 aliphatic carbocycles. The quantitative estimate of drug-likeness (QED) is 0.463. The van der Waals surface area contributed by atoms with E-state index >= 15 is 0 Å². The average molecular weight is 410 g/mol. The summed E-state index contributed by atoms with van der Waals surface area (Å²) in [5.74, 6) is -0.819. The summed E-state index contributed by atoms with van der Waals surface area (Å²) in [7, 11) is 0. The molecule has 3 aromatic rings. The van der Waals surface area contributed by atoms with Crippen LogP contribution in [0.1, 0.15) is 44.3 Å². The van der Waals surface area contributed by atoms with Gasteiger partial charge >= 0.3 is 0 Å². The fourth-order valence-corrected chi connectivity index (χ4v) is 4.57. The molecule has 154 valence electrons. The Hall–Kier alpha value is -3.73. The van der Waals surface area contributed by atoms with Gasteiger partial charge in [-0.25, -0.2) is 0 Å². The van der Waals surface area contributed by atoms with Gasteiger partial charge in [0.05, 0.1) is 23.1 Å². The van der Waals surface area contributed by atoms with Crippen molar-refractivity contribution < 1.29 is 14.4 Å². The van der Waals surface area contributed by atoms with Crippen LogP contribution in [0.5, 0.6) is 0 Å². The van der Waals surface area contributed by atoms with Crippen LogP contribution in [-0.2, 0) is 4.79 Å². The maximum atomic E-state index is 13.2. The molecule has 0 radical (unpaired) electrons. The first-order valence-corrected chi connectivity index (χ1v) is 10.5. The smallest absolute Gasteiger partial charge is 0.261 e. The molecule has 2 heterocycles. The maximum absolute atomic E-state index is 13.2. The van der Waals surface area contributed by atoms with Crippen LogP contribution < -0.4 is 4.90 Å². The molecule has 2 aliphatic heterocycles. The van der Waals surface area contributed by atoms with E-state index in [1.807, 2.05) is 66.4 Å². The standard InChI is InChI=1S/C26H22N2O3/c1-17-11-13-19(14-12-17)28-23(18-7-3-2-4-8-18)22(26(28)31)15-16-27-24(29)20-9-5-6-10-21(20)25(27)30/h2-14,22-23H,15-16H2,1H3/t22-,23-/m1/s1. The van der Waals surface area contributed by atoms with Crippen molar-refractivity contribution in [2.75, 3.05) is 11.4 Å². The average Bonchev–Trinajstić information content (AvgIpc) is 3.04. The molecule has 3 amide bonds. The Morgan fingerprint density at radius 3 is 1.94 bits per heavy atom. The molecule has 0 N–H and O–H groups in total. The van der Waals surface area contributed by atoms with Gasteiger partial charge in [0.15, 0.2) is 0 Å². The van der Waals surface area contributed by atoms with Gasteiger partial charge in [-0.3, -0.25) is 19.3 Å². The molecular formula is C26H22N2O3. The van der Waals surface area contributed by atoms with E-state index < -0.39 is 0 Å². The third kappa shape index (κ3) is 3.13. The number of fused-ring (bicyclic) bond motifs is 1. The number of amides is 3. The first-order valence-electron chi connectivity index (χ1n) is 10.5. The van der Waals surface area contributed by atoms with Crippen LogP contribution in [0.3, 0.4) is 0 Å². The normalized spacial score (nSPS) is 20.1. The lowest BCUT2D eigenvalue weighted by Gasteiger charge is -2.48. The number of β-lactam (4-membered cyclic amide) rings is 1. The molecule has 2 aliphatic rings. The van der Waals surface area contributed by atoms with Gasteiger partial charge in [0, 0.05) is 12.2 Å². The first kappa shape index (κ1) is 19.2. The molecule has 0 spiro atoms. The lowest BCUT2D eigenvalue weighted by Crippen LogP contribution is -2.56. The Labute approximate surface area is 180 Å². The van der Waals surface area contributed by atoms with Crippen molar-refractivity contribution in [3.63, 3.8) is 0 Å². The Bertz CT molecular complexity index is 1140. The third-order valence-corrected chi connectivity index (χ3v) is 6.21. The molecule has 2 atom stereocenters. The number of aryl methyl sites for hydroxylation is 1. The molecule has 31 heavy (non-hydrogen) atoms. The monoisotopic (exact) mass is 410 g/mol. The molecule has 0 saturated carbocycles. The van der Waals surface area contributed by atoms with Crippen molar-refractivity contribution in [1.29, 1.82) is 0 Å². The van der Waals surface area contributed by atoms with Gasteiger partial charge in [0.1, 0.15) is 0 Å². The number of carbonyl (C=O) groups is 3. The van der Waals surface area contributed by atoms with Gasteiger partial charge in [0.25, 0.3) is 11.8 Å². The highest BCUT2D eigenvalue weighted by molar-refractivity contribution is 6.21. The number of carbonyl (C=O) groups excluding carboxylic acids is 3. The number of anilines is 1. The Kier molecular flexibility index (Phi) is 4.66. The van der Waals surface area contributed by atoms with E-state index in [4.69, 9.17) is 0 Å². The second-order valence-corrected chi connectivity index (χ2v) is 8.10. The van der Waals surface area contributed by atoms with E-state index in [-0.39, 0.29) is 36.2 Å². The van der Waals surface area contributed by atoms with E-state index in [0.29, 0.717) is 17.5 Å². The highest BCUT2D eigenvalue weighted by Gasteiger charge is 2.49. The summed E-state index contributed by atoms with van der Waals surface area (Å²) >= 11 is 0. The van der Waals surface area contributed by atoms with Crippen LogP contribution >= 0.6 is 0 Å². The number of benzene rings is 3. The molecule has 1 saturated heterocycles. The van der Waals surface area contributed by atoms with Crippen molar-refractivity contribution >= 4 is 23.4 Å². The molecule has 1 fully saturated rings. The lowest BCUT2D eigenvalue weighted by atomic mass is 9.79. The molecule has 0 aromatic heterocycles. The predicted octanol–water partition coefficient (Wildman–Crippen LogP) is 4.39. The molecule has 0 unspecified atom stereocenters. The number of hydrogen-bond acceptors (Lipinski definition) is 3. The Balaban J connectivity index is 1.39. The highest BCUT2D eigenvalue weighted by Crippen LogP contribution is 2.45. The summed E-state index contributed by atoms with van der Waals surface area (Å²) in [6, 6.07) is 24.6. The van der Waals surface area contributed by atoms with Crippen LogP contribution in [0.2, 0.25) is 0 Å². The largest absolute Gasteiger partial charge is 0.304 e. The van der Waals surface area contributed by atoms with E-state index in [1.54, 1.807) is 24.3 Å². The molecular weight excluding hydrogens is 388 g/mol. The summed E-state index contributed by atoms with van der Waals surface area (Å²) in [6.45, 7) is 2.25. The van der Waals surface area contributed by atoms with Gasteiger partial charge in [-0.05, 0) is 43.2 Å². The minimum absolute atomic E-state index is 0.0225. The summed E-state index contributed by atoms with van der Waals surface area (Å²) in [6.07, 6.45) is 0.437. The lowest BCUT2D eigenvalue weighted by molar-refractivity contribution is -0.130. The zero-order valence-electron chi connectivity index (χ0n) is 17.2. The van der Waals surface area contributed by atoms with Crippen LogP contribution in [0, 0.1) is 12.8 Å². The van der Waals surface area contributed by atoms with Crippen molar-refractivity contribution in [2.24, 2.45) is 5.92 Å². The van der Waals surface area contributed by atoms with Crippen LogP contribution in [0.25, 0.3) is 0 Å². The van der Waals surface area contributed by atoms with Crippen molar-refractivity contribution in [3.8, 4) is 0 Å². The van der Waals surface area contributed by atoms with Gasteiger partial charge in [-0.1, -0.05) is 60.2 Å². The second-order valence-electron chi connectivity index (χ2n) is 8.10. The highest BCUT2D eigenvalue weighted by atomic mass is 16.2. The Morgan fingerprint density at radius 2 is 1.32 bits per heavy atom. The Morgan fingerprint density at radius 1 is 0.742 bits per heavy atom. The summed E-state index contributed by atoms with van der Waals surface area (Å²) in [5, 5.41) is 0. The predicted molar refractivity (Wildman–Crippen MR) is 118 cm³/mol. The topological polar surface area (TPSA) is 57.7 Å². The summed E-state index contributed by atoms with van der Waals surface area (Å²) in [5.41, 5.74) is 3.92.